The molecule has 1 amide bonds. The second kappa shape index (κ2) is 7.09. The lowest BCUT2D eigenvalue weighted by atomic mass is 9.92. The van der Waals surface area contributed by atoms with Crippen molar-refractivity contribution in [2.75, 3.05) is 19.7 Å². The van der Waals surface area contributed by atoms with Gasteiger partial charge in [0.25, 0.3) is 5.91 Å². The highest BCUT2D eigenvalue weighted by Gasteiger charge is 2.26. The molecule has 25 heavy (non-hydrogen) atoms. The van der Waals surface area contributed by atoms with Gasteiger partial charge in [-0.3, -0.25) is 9.59 Å². The summed E-state index contributed by atoms with van der Waals surface area (Å²) < 4.78 is 5.19. The third kappa shape index (κ3) is 3.90. The molecule has 1 saturated heterocycles. The van der Waals surface area contributed by atoms with Crippen molar-refractivity contribution in [3.63, 3.8) is 0 Å². The Morgan fingerprint density at radius 2 is 1.88 bits per heavy atom. The number of para-hydroxylation sites is 1. The van der Waals surface area contributed by atoms with Gasteiger partial charge in [-0.25, -0.2) is 4.79 Å². The summed E-state index contributed by atoms with van der Waals surface area (Å²) in [5, 5.41) is 0.597. The average molecular weight is 342 g/mol. The number of amides is 1. The molecule has 132 valence electrons. The van der Waals surface area contributed by atoms with Gasteiger partial charge in [-0.05, 0) is 24.3 Å². The van der Waals surface area contributed by atoms with Crippen LogP contribution in [0.4, 0.5) is 0 Å². The zero-order valence-corrected chi connectivity index (χ0v) is 14.5. The smallest absolute Gasteiger partial charge is 0.339 e. The average Bonchev–Trinajstić information content (AvgIpc) is 2.57. The zero-order valence-electron chi connectivity index (χ0n) is 14.5. The van der Waals surface area contributed by atoms with E-state index in [1.165, 1.54) is 6.07 Å². The van der Waals surface area contributed by atoms with Crippen LogP contribution in [-0.4, -0.2) is 41.5 Å². The van der Waals surface area contributed by atoms with E-state index in [1.807, 2.05) is 0 Å². The number of pyridine rings is 1. The van der Waals surface area contributed by atoms with Crippen molar-refractivity contribution >= 4 is 22.8 Å². The number of aromatic nitrogens is 1. The van der Waals surface area contributed by atoms with Crippen LogP contribution in [0.2, 0.25) is 0 Å². The molecule has 1 fully saturated rings. The number of nitrogens with one attached hydrogen (secondary N) is 1. The van der Waals surface area contributed by atoms with E-state index in [9.17, 15) is 14.4 Å². The van der Waals surface area contributed by atoms with Crippen LogP contribution in [-0.2, 0) is 9.53 Å². The number of piperidine rings is 1. The Morgan fingerprint density at radius 3 is 2.60 bits per heavy atom. The number of fused-ring (bicyclic) bond motifs is 1. The first-order chi connectivity index (χ1) is 11.9. The number of rotatable bonds is 3. The van der Waals surface area contributed by atoms with Crippen LogP contribution < -0.4 is 5.56 Å². The second-order valence-electron chi connectivity index (χ2n) is 6.91. The van der Waals surface area contributed by atoms with Crippen LogP contribution in [0.1, 0.15) is 30.6 Å². The van der Waals surface area contributed by atoms with E-state index in [2.05, 4.69) is 18.8 Å². The number of benzene rings is 1. The number of hydrogen-bond donors (Lipinski definition) is 1. The minimum atomic E-state index is -0.659. The molecule has 2 aromatic rings. The Balaban J connectivity index is 1.71. The van der Waals surface area contributed by atoms with Gasteiger partial charge < -0.3 is 14.6 Å². The second-order valence-corrected chi connectivity index (χ2v) is 6.91. The molecule has 6 heteroatoms. The molecule has 0 unspecified atom stereocenters. The molecule has 1 aliphatic rings. The molecule has 0 aliphatic carbocycles. The molecular formula is C19H22N2O4. The number of hydrogen-bond acceptors (Lipinski definition) is 4. The van der Waals surface area contributed by atoms with E-state index in [-0.39, 0.29) is 23.6 Å². The number of likely N-dealkylation sites (tertiary alicyclic amines) is 1. The lowest BCUT2D eigenvalue weighted by Gasteiger charge is -2.34. The van der Waals surface area contributed by atoms with Gasteiger partial charge in [-0.1, -0.05) is 32.0 Å². The maximum absolute atomic E-state index is 12.4. The Hall–Kier alpha value is -2.63. The molecule has 0 spiro atoms. The molecule has 6 nitrogen and oxygen atoms in total. The first kappa shape index (κ1) is 17.2. The van der Waals surface area contributed by atoms with Crippen LogP contribution in [0.3, 0.4) is 0 Å². The van der Waals surface area contributed by atoms with Gasteiger partial charge in [0.15, 0.2) is 6.61 Å². The minimum absolute atomic E-state index is 0.174. The summed E-state index contributed by atoms with van der Waals surface area (Å²) >= 11 is 0. The molecule has 2 heterocycles. The van der Waals surface area contributed by atoms with Crippen molar-refractivity contribution < 1.29 is 14.3 Å². The van der Waals surface area contributed by atoms with Gasteiger partial charge >= 0.3 is 5.97 Å². The van der Waals surface area contributed by atoms with Crippen molar-refractivity contribution in [3.05, 3.63) is 46.2 Å². The summed E-state index contributed by atoms with van der Waals surface area (Å²) in [5.41, 5.74) is 0.357. The number of carbonyl (C=O) groups is 2. The fourth-order valence-corrected chi connectivity index (χ4v) is 3.54. The monoisotopic (exact) mass is 342 g/mol. The predicted molar refractivity (Wildman–Crippen MR) is 94.4 cm³/mol. The molecular weight excluding hydrogens is 320 g/mol. The highest BCUT2D eigenvalue weighted by atomic mass is 16.5. The number of H-pyrrole nitrogens is 1. The number of nitrogens with zero attached hydrogens (tertiary/aromatic N) is 1. The van der Waals surface area contributed by atoms with Gasteiger partial charge in [0, 0.05) is 30.1 Å². The summed E-state index contributed by atoms with van der Waals surface area (Å²) in [7, 11) is 0. The summed E-state index contributed by atoms with van der Waals surface area (Å²) in [6, 6.07) is 8.21. The van der Waals surface area contributed by atoms with Crippen molar-refractivity contribution in [3.8, 4) is 0 Å². The third-order valence-electron chi connectivity index (χ3n) is 4.52. The molecule has 3 rings (SSSR count). The van der Waals surface area contributed by atoms with E-state index >= 15 is 0 Å². The SMILES string of the molecule is C[C@H]1C[C@H](C)CN(C(=O)COC(=O)c2cc(=O)[nH]c3ccccc23)C1. The Bertz CT molecular complexity index is 848. The predicted octanol–water partition coefficient (Wildman–Crippen LogP) is 2.19. The molecule has 0 bridgehead atoms. The lowest BCUT2D eigenvalue weighted by Crippen LogP contribution is -2.44. The van der Waals surface area contributed by atoms with Crippen LogP contribution in [0.15, 0.2) is 35.1 Å². The van der Waals surface area contributed by atoms with Crippen LogP contribution in [0, 0.1) is 11.8 Å². The first-order valence-corrected chi connectivity index (χ1v) is 8.51. The molecule has 0 saturated carbocycles. The standard InChI is InChI=1S/C19H22N2O4/c1-12-7-13(2)10-21(9-12)18(23)11-25-19(24)15-8-17(22)20-16-6-4-3-5-14(15)16/h3-6,8,12-13H,7,9-11H2,1-2H3,(H,20,22)/t12-,13-/m0/s1. The first-order valence-electron chi connectivity index (χ1n) is 8.51. The molecule has 1 aromatic heterocycles. The number of carbonyl (C=O) groups excluding carboxylic acids is 2. The van der Waals surface area contributed by atoms with Crippen molar-refractivity contribution in [2.45, 2.75) is 20.3 Å². The van der Waals surface area contributed by atoms with Crippen LogP contribution >= 0.6 is 0 Å². The van der Waals surface area contributed by atoms with Gasteiger partial charge in [0.05, 0.1) is 5.56 Å². The third-order valence-corrected chi connectivity index (χ3v) is 4.52. The molecule has 1 N–H and O–H groups in total. The maximum Gasteiger partial charge on any atom is 0.339 e. The van der Waals surface area contributed by atoms with Crippen molar-refractivity contribution in [2.24, 2.45) is 11.8 Å². The summed E-state index contributed by atoms with van der Waals surface area (Å²) in [6.07, 6.45) is 1.10. The van der Waals surface area contributed by atoms with E-state index in [0.29, 0.717) is 35.8 Å². The van der Waals surface area contributed by atoms with Gasteiger partial charge in [-0.15, -0.1) is 0 Å². The fourth-order valence-electron chi connectivity index (χ4n) is 3.54. The summed E-state index contributed by atoms with van der Waals surface area (Å²) in [4.78, 5) is 40.9. The Kier molecular flexibility index (Phi) is 4.88. The van der Waals surface area contributed by atoms with E-state index < -0.39 is 5.97 Å². The Labute approximate surface area is 145 Å². The zero-order chi connectivity index (χ0) is 18.0. The number of aromatic amines is 1. The van der Waals surface area contributed by atoms with E-state index in [0.717, 1.165) is 6.42 Å². The number of ether oxygens (including phenoxy) is 1. The molecule has 1 aromatic carbocycles. The normalized spacial score (nSPS) is 20.5. The topological polar surface area (TPSA) is 79.5 Å². The molecule has 0 radical (unpaired) electrons. The van der Waals surface area contributed by atoms with Crippen LogP contribution in [0.25, 0.3) is 10.9 Å². The van der Waals surface area contributed by atoms with Crippen LogP contribution in [0.5, 0.6) is 0 Å². The molecule has 1 aliphatic heterocycles. The highest BCUT2D eigenvalue weighted by Crippen LogP contribution is 2.21. The maximum atomic E-state index is 12.4. The minimum Gasteiger partial charge on any atom is -0.452 e. The summed E-state index contributed by atoms with van der Waals surface area (Å²) in [5.74, 6) is 0.0368. The van der Waals surface area contributed by atoms with Gasteiger partial charge in [0.2, 0.25) is 5.56 Å². The van der Waals surface area contributed by atoms with Gasteiger partial charge in [0.1, 0.15) is 0 Å². The molecule has 2 atom stereocenters. The van der Waals surface area contributed by atoms with Crippen molar-refractivity contribution in [1.29, 1.82) is 0 Å². The quantitative estimate of drug-likeness (QED) is 0.867. The largest absolute Gasteiger partial charge is 0.452 e. The Morgan fingerprint density at radius 1 is 1.20 bits per heavy atom. The fraction of sp³-hybridized carbons (Fsp3) is 0.421. The highest BCUT2D eigenvalue weighted by molar-refractivity contribution is 6.03. The lowest BCUT2D eigenvalue weighted by molar-refractivity contribution is -0.137. The van der Waals surface area contributed by atoms with E-state index in [1.54, 1.807) is 29.2 Å². The van der Waals surface area contributed by atoms with E-state index in [4.69, 9.17) is 4.74 Å². The summed E-state index contributed by atoms with van der Waals surface area (Å²) in [6.45, 7) is 5.30. The van der Waals surface area contributed by atoms with Crippen molar-refractivity contribution in [1.82, 2.24) is 9.88 Å². The number of esters is 1. The van der Waals surface area contributed by atoms with Gasteiger partial charge in [-0.2, -0.15) is 0 Å².